The van der Waals surface area contributed by atoms with Crippen molar-refractivity contribution in [1.29, 1.82) is 0 Å². The molecule has 1 N–H and O–H groups in total. The summed E-state index contributed by atoms with van der Waals surface area (Å²) in [6.45, 7) is 0. The summed E-state index contributed by atoms with van der Waals surface area (Å²) in [5.74, 6) is -0.204. The molecule has 0 aliphatic heterocycles. The number of halogens is 1. The van der Waals surface area contributed by atoms with Crippen LogP contribution < -0.4 is 5.32 Å². The summed E-state index contributed by atoms with van der Waals surface area (Å²) in [5.41, 5.74) is 2.11. The average molecular weight is 284 g/mol. The van der Waals surface area contributed by atoms with Crippen molar-refractivity contribution in [3.8, 4) is 0 Å². The summed E-state index contributed by atoms with van der Waals surface area (Å²) in [7, 11) is 0. The van der Waals surface area contributed by atoms with E-state index in [2.05, 4.69) is 10.3 Å². The first-order valence-electron chi connectivity index (χ1n) is 6.31. The average Bonchev–Trinajstić information content (AvgIpc) is 2.90. The number of hydrogen-bond donors (Lipinski definition) is 1. The molecule has 2 nitrogen and oxygen atoms in total. The van der Waals surface area contributed by atoms with Crippen molar-refractivity contribution >= 4 is 22.2 Å². The van der Waals surface area contributed by atoms with E-state index in [9.17, 15) is 4.39 Å². The molecule has 4 heteroatoms. The third kappa shape index (κ3) is 3.22. The van der Waals surface area contributed by atoms with Crippen molar-refractivity contribution in [1.82, 2.24) is 4.98 Å². The number of nitrogens with zero attached hydrogens (tertiary/aromatic N) is 1. The van der Waals surface area contributed by atoms with Gasteiger partial charge in [0.1, 0.15) is 5.82 Å². The Hall–Kier alpha value is -2.20. The first kappa shape index (κ1) is 12.8. The zero-order valence-corrected chi connectivity index (χ0v) is 11.5. The van der Waals surface area contributed by atoms with E-state index in [-0.39, 0.29) is 5.82 Å². The third-order valence-corrected chi connectivity index (χ3v) is 3.78. The Labute approximate surface area is 120 Å². The smallest absolute Gasteiger partial charge is 0.187 e. The van der Waals surface area contributed by atoms with Gasteiger partial charge in [0.05, 0.1) is 0 Å². The van der Waals surface area contributed by atoms with Crippen molar-refractivity contribution in [2.45, 2.75) is 6.42 Å². The van der Waals surface area contributed by atoms with Gasteiger partial charge in [-0.15, -0.1) is 11.3 Å². The standard InChI is InChI=1S/C16H13FN2S/c17-13-8-6-12(7-9-13)10-15-11-18-16(20-15)19-14-4-2-1-3-5-14/h1-9,11H,10H2,(H,18,19). The summed E-state index contributed by atoms with van der Waals surface area (Å²) >= 11 is 1.61. The van der Waals surface area contributed by atoms with Gasteiger partial charge >= 0.3 is 0 Å². The molecule has 1 aromatic heterocycles. The minimum absolute atomic E-state index is 0.204. The minimum atomic E-state index is -0.204. The molecule has 0 fully saturated rings. The van der Waals surface area contributed by atoms with Crippen LogP contribution in [0.15, 0.2) is 60.8 Å². The van der Waals surface area contributed by atoms with E-state index in [4.69, 9.17) is 0 Å². The highest BCUT2D eigenvalue weighted by Gasteiger charge is 2.03. The maximum absolute atomic E-state index is 12.9. The van der Waals surface area contributed by atoms with E-state index in [1.54, 1.807) is 23.5 Å². The van der Waals surface area contributed by atoms with Gasteiger partial charge in [0.15, 0.2) is 5.13 Å². The van der Waals surface area contributed by atoms with E-state index in [1.807, 2.05) is 36.5 Å². The van der Waals surface area contributed by atoms with Gasteiger partial charge in [-0.2, -0.15) is 0 Å². The van der Waals surface area contributed by atoms with Gasteiger partial charge in [0.2, 0.25) is 0 Å². The Bertz CT molecular complexity index is 677. The van der Waals surface area contributed by atoms with Crippen LogP contribution in [0.25, 0.3) is 0 Å². The highest BCUT2D eigenvalue weighted by atomic mass is 32.1. The maximum Gasteiger partial charge on any atom is 0.187 e. The van der Waals surface area contributed by atoms with Gasteiger partial charge < -0.3 is 5.32 Å². The Morgan fingerprint density at radius 2 is 1.75 bits per heavy atom. The molecule has 100 valence electrons. The molecular formula is C16H13FN2S. The fourth-order valence-electron chi connectivity index (χ4n) is 1.90. The molecular weight excluding hydrogens is 271 g/mol. The molecule has 0 aliphatic rings. The van der Waals surface area contributed by atoms with Crippen molar-refractivity contribution < 1.29 is 4.39 Å². The molecule has 0 bridgehead atoms. The van der Waals surface area contributed by atoms with Crippen LogP contribution in [0.2, 0.25) is 0 Å². The minimum Gasteiger partial charge on any atom is -0.332 e. The van der Waals surface area contributed by atoms with Crippen molar-refractivity contribution in [3.05, 3.63) is 77.1 Å². The van der Waals surface area contributed by atoms with E-state index in [1.165, 1.54) is 12.1 Å². The molecule has 0 radical (unpaired) electrons. The molecule has 0 saturated heterocycles. The molecule has 0 saturated carbocycles. The Balaban J connectivity index is 1.69. The second-order valence-electron chi connectivity index (χ2n) is 4.43. The maximum atomic E-state index is 12.9. The monoisotopic (exact) mass is 284 g/mol. The Kier molecular flexibility index (Phi) is 3.74. The lowest BCUT2D eigenvalue weighted by Gasteiger charge is -2.00. The molecule has 0 unspecified atom stereocenters. The van der Waals surface area contributed by atoms with Gasteiger partial charge in [0, 0.05) is 23.2 Å². The molecule has 0 amide bonds. The number of nitrogens with one attached hydrogen (secondary N) is 1. The third-order valence-electron chi connectivity index (χ3n) is 2.87. The molecule has 0 aliphatic carbocycles. The van der Waals surface area contributed by atoms with Crippen LogP contribution in [0.4, 0.5) is 15.2 Å². The number of rotatable bonds is 4. The SMILES string of the molecule is Fc1ccc(Cc2cnc(Nc3ccccc3)s2)cc1. The summed E-state index contributed by atoms with van der Waals surface area (Å²) in [6, 6.07) is 16.5. The summed E-state index contributed by atoms with van der Waals surface area (Å²) in [4.78, 5) is 5.51. The molecule has 3 rings (SSSR count). The zero-order valence-electron chi connectivity index (χ0n) is 10.7. The number of aromatic nitrogens is 1. The first-order chi connectivity index (χ1) is 9.79. The molecule has 0 spiro atoms. The lowest BCUT2D eigenvalue weighted by Crippen LogP contribution is -1.87. The van der Waals surface area contributed by atoms with Gasteiger partial charge in [-0.1, -0.05) is 30.3 Å². The van der Waals surface area contributed by atoms with E-state index >= 15 is 0 Å². The highest BCUT2D eigenvalue weighted by molar-refractivity contribution is 7.15. The quantitative estimate of drug-likeness (QED) is 0.756. The topological polar surface area (TPSA) is 24.9 Å². The van der Waals surface area contributed by atoms with Crippen LogP contribution in [0.3, 0.4) is 0 Å². The number of anilines is 2. The second-order valence-corrected chi connectivity index (χ2v) is 5.54. The fraction of sp³-hybridized carbons (Fsp3) is 0.0625. The number of thiazole rings is 1. The van der Waals surface area contributed by atoms with Gasteiger partial charge in [-0.25, -0.2) is 9.37 Å². The molecule has 2 aromatic carbocycles. The van der Waals surface area contributed by atoms with E-state index in [0.29, 0.717) is 0 Å². The normalized spacial score (nSPS) is 10.4. The van der Waals surface area contributed by atoms with Crippen LogP contribution in [0.5, 0.6) is 0 Å². The Morgan fingerprint density at radius 1 is 1.00 bits per heavy atom. The van der Waals surface area contributed by atoms with E-state index < -0.39 is 0 Å². The van der Waals surface area contributed by atoms with Crippen LogP contribution in [0.1, 0.15) is 10.4 Å². The Morgan fingerprint density at radius 3 is 2.50 bits per heavy atom. The van der Waals surface area contributed by atoms with Crippen LogP contribution in [0, 0.1) is 5.82 Å². The highest BCUT2D eigenvalue weighted by Crippen LogP contribution is 2.24. The summed E-state index contributed by atoms with van der Waals surface area (Å²) < 4.78 is 12.9. The number of benzene rings is 2. The van der Waals surface area contributed by atoms with Gasteiger partial charge in [-0.05, 0) is 29.8 Å². The predicted octanol–water partition coefficient (Wildman–Crippen LogP) is 4.62. The summed E-state index contributed by atoms with van der Waals surface area (Å²) in [6.07, 6.45) is 2.63. The van der Waals surface area contributed by atoms with Gasteiger partial charge in [-0.3, -0.25) is 0 Å². The van der Waals surface area contributed by atoms with E-state index in [0.717, 1.165) is 27.7 Å². The molecule has 0 atom stereocenters. The van der Waals surface area contributed by atoms with Crippen LogP contribution >= 0.6 is 11.3 Å². The second kappa shape index (κ2) is 5.84. The summed E-state index contributed by atoms with van der Waals surface area (Å²) in [5, 5.41) is 4.14. The van der Waals surface area contributed by atoms with Crippen molar-refractivity contribution in [3.63, 3.8) is 0 Å². The number of hydrogen-bond acceptors (Lipinski definition) is 3. The first-order valence-corrected chi connectivity index (χ1v) is 7.12. The zero-order chi connectivity index (χ0) is 13.8. The molecule has 3 aromatic rings. The van der Waals surface area contributed by atoms with Crippen molar-refractivity contribution in [2.24, 2.45) is 0 Å². The molecule has 20 heavy (non-hydrogen) atoms. The fourth-order valence-corrected chi connectivity index (χ4v) is 2.76. The molecule has 1 heterocycles. The lowest BCUT2D eigenvalue weighted by atomic mass is 10.1. The largest absolute Gasteiger partial charge is 0.332 e. The van der Waals surface area contributed by atoms with Crippen LogP contribution in [-0.4, -0.2) is 4.98 Å². The van der Waals surface area contributed by atoms with Crippen molar-refractivity contribution in [2.75, 3.05) is 5.32 Å². The lowest BCUT2D eigenvalue weighted by molar-refractivity contribution is 0.627. The predicted molar refractivity (Wildman–Crippen MR) is 81.0 cm³/mol. The van der Waals surface area contributed by atoms with Gasteiger partial charge in [0.25, 0.3) is 0 Å². The van der Waals surface area contributed by atoms with Crippen LogP contribution in [-0.2, 0) is 6.42 Å². The number of para-hydroxylation sites is 1.